The van der Waals surface area contributed by atoms with Gasteiger partial charge in [-0.05, 0) is 68.1 Å². The van der Waals surface area contributed by atoms with Crippen LogP contribution in [0, 0.1) is 13.8 Å². The molecule has 6 nitrogen and oxygen atoms in total. The van der Waals surface area contributed by atoms with Crippen LogP contribution in [0.15, 0.2) is 41.3 Å². The van der Waals surface area contributed by atoms with Gasteiger partial charge in [-0.25, -0.2) is 13.1 Å². The Hall–Kier alpha value is -2.38. The summed E-state index contributed by atoms with van der Waals surface area (Å²) in [7, 11) is -2.33. The molecule has 2 aromatic carbocycles. The Labute approximate surface area is 153 Å². The summed E-state index contributed by atoms with van der Waals surface area (Å²) >= 11 is 0. The number of hydrogen-bond acceptors (Lipinski definition) is 4. The predicted molar refractivity (Wildman–Crippen MR) is 100 cm³/mol. The summed E-state index contributed by atoms with van der Waals surface area (Å²) in [6.07, 6.45) is 1.66. The molecule has 0 bridgehead atoms. The van der Waals surface area contributed by atoms with Crippen molar-refractivity contribution in [2.45, 2.75) is 37.6 Å². The Kier molecular flexibility index (Phi) is 5.02. The van der Waals surface area contributed by atoms with E-state index in [2.05, 4.69) is 10.0 Å². The van der Waals surface area contributed by atoms with E-state index in [1.54, 1.807) is 6.07 Å². The molecule has 0 radical (unpaired) electrons. The van der Waals surface area contributed by atoms with Crippen LogP contribution in [0.5, 0.6) is 5.75 Å². The fourth-order valence-corrected chi connectivity index (χ4v) is 4.03. The summed E-state index contributed by atoms with van der Waals surface area (Å²) in [5.74, 6) is -0.167. The minimum Gasteiger partial charge on any atom is -0.495 e. The largest absolute Gasteiger partial charge is 0.495 e. The summed E-state index contributed by atoms with van der Waals surface area (Å²) in [5, 5.41) is 2.80. The van der Waals surface area contributed by atoms with E-state index in [1.807, 2.05) is 32.0 Å². The molecule has 3 rings (SSSR count). The average Bonchev–Trinajstić information content (AvgIpc) is 3.40. The lowest BCUT2D eigenvalue weighted by molar-refractivity contribution is 0.102. The molecule has 0 aromatic heterocycles. The third kappa shape index (κ3) is 4.05. The van der Waals surface area contributed by atoms with Crippen LogP contribution in [0.2, 0.25) is 0 Å². The Balaban J connectivity index is 1.88. The zero-order valence-corrected chi connectivity index (χ0v) is 15.8. The SMILES string of the molecule is COc1ccc(C(=O)Nc2ccc(C)c(C)c2)cc1S(=O)(=O)NC1CC1. The molecule has 0 aliphatic heterocycles. The van der Waals surface area contributed by atoms with E-state index in [9.17, 15) is 13.2 Å². The number of hydrogen-bond donors (Lipinski definition) is 2. The van der Waals surface area contributed by atoms with Crippen molar-refractivity contribution in [2.75, 3.05) is 12.4 Å². The van der Waals surface area contributed by atoms with Crippen LogP contribution < -0.4 is 14.8 Å². The van der Waals surface area contributed by atoms with Crippen molar-refractivity contribution in [3.63, 3.8) is 0 Å². The molecule has 1 aliphatic rings. The zero-order valence-electron chi connectivity index (χ0n) is 15.0. The second-order valence-corrected chi connectivity index (χ2v) is 8.20. The van der Waals surface area contributed by atoms with Gasteiger partial charge in [0.05, 0.1) is 7.11 Å². The van der Waals surface area contributed by atoms with Crippen LogP contribution in [0.3, 0.4) is 0 Å². The quantitative estimate of drug-likeness (QED) is 0.814. The lowest BCUT2D eigenvalue weighted by Crippen LogP contribution is -2.26. The lowest BCUT2D eigenvalue weighted by atomic mass is 10.1. The van der Waals surface area contributed by atoms with Crippen molar-refractivity contribution >= 4 is 21.6 Å². The summed E-state index contributed by atoms with van der Waals surface area (Å²) in [6, 6.07) is 9.98. The molecular formula is C19H22N2O4S. The van der Waals surface area contributed by atoms with Gasteiger partial charge in [0, 0.05) is 17.3 Å². The van der Waals surface area contributed by atoms with E-state index in [-0.39, 0.29) is 28.2 Å². The van der Waals surface area contributed by atoms with Crippen LogP contribution in [0.25, 0.3) is 0 Å². The standard InChI is InChI=1S/C19H22N2O4S/c1-12-4-6-16(10-13(12)2)20-19(22)14-5-9-17(25-3)18(11-14)26(23,24)21-15-7-8-15/h4-6,9-11,15,21H,7-8H2,1-3H3,(H,20,22). The molecule has 138 valence electrons. The molecule has 2 N–H and O–H groups in total. The van der Waals surface area contributed by atoms with Gasteiger partial charge in [-0.1, -0.05) is 6.07 Å². The number of methoxy groups -OCH3 is 1. The number of amides is 1. The first-order valence-corrected chi connectivity index (χ1v) is 9.87. The molecule has 1 fully saturated rings. The van der Waals surface area contributed by atoms with Crippen molar-refractivity contribution in [2.24, 2.45) is 0 Å². The molecule has 0 spiro atoms. The minimum atomic E-state index is -3.74. The van der Waals surface area contributed by atoms with Crippen molar-refractivity contribution in [3.05, 3.63) is 53.1 Å². The maximum absolute atomic E-state index is 12.6. The highest BCUT2D eigenvalue weighted by molar-refractivity contribution is 7.89. The smallest absolute Gasteiger partial charge is 0.255 e. The second-order valence-electron chi connectivity index (χ2n) is 6.51. The Bertz CT molecular complexity index is 950. The molecule has 26 heavy (non-hydrogen) atoms. The number of aryl methyl sites for hydroxylation is 2. The molecule has 0 heterocycles. The van der Waals surface area contributed by atoms with Crippen molar-refractivity contribution < 1.29 is 17.9 Å². The van der Waals surface area contributed by atoms with Crippen LogP contribution in [-0.2, 0) is 10.0 Å². The first-order valence-electron chi connectivity index (χ1n) is 8.39. The Morgan fingerprint density at radius 2 is 1.81 bits per heavy atom. The van der Waals surface area contributed by atoms with E-state index >= 15 is 0 Å². The van der Waals surface area contributed by atoms with E-state index < -0.39 is 10.0 Å². The van der Waals surface area contributed by atoms with Gasteiger partial charge in [-0.2, -0.15) is 0 Å². The maximum atomic E-state index is 12.6. The molecular weight excluding hydrogens is 352 g/mol. The summed E-state index contributed by atoms with van der Waals surface area (Å²) < 4.78 is 32.9. The lowest BCUT2D eigenvalue weighted by Gasteiger charge is -2.13. The van der Waals surface area contributed by atoms with E-state index in [0.717, 1.165) is 24.0 Å². The number of anilines is 1. The monoisotopic (exact) mass is 374 g/mol. The normalized spacial score (nSPS) is 14.1. The number of rotatable bonds is 6. The Morgan fingerprint density at radius 1 is 1.08 bits per heavy atom. The topological polar surface area (TPSA) is 84.5 Å². The highest BCUT2D eigenvalue weighted by Gasteiger charge is 2.30. The van der Waals surface area contributed by atoms with Crippen molar-refractivity contribution in [3.8, 4) is 5.75 Å². The van der Waals surface area contributed by atoms with Crippen molar-refractivity contribution in [1.82, 2.24) is 4.72 Å². The van der Waals surface area contributed by atoms with E-state index in [1.165, 1.54) is 19.2 Å². The fourth-order valence-electron chi connectivity index (χ4n) is 2.53. The minimum absolute atomic E-state index is 0.0281. The first kappa shape index (κ1) is 18.4. The molecule has 0 saturated heterocycles. The maximum Gasteiger partial charge on any atom is 0.255 e. The third-order valence-corrected chi connectivity index (χ3v) is 5.92. The van der Waals surface area contributed by atoms with Gasteiger partial charge in [0.1, 0.15) is 10.6 Å². The van der Waals surface area contributed by atoms with E-state index in [4.69, 9.17) is 4.74 Å². The van der Waals surface area contributed by atoms with Gasteiger partial charge in [0.25, 0.3) is 5.91 Å². The van der Waals surface area contributed by atoms with Crippen LogP contribution in [-0.4, -0.2) is 27.5 Å². The molecule has 1 amide bonds. The number of sulfonamides is 1. The van der Waals surface area contributed by atoms with Gasteiger partial charge in [-0.3, -0.25) is 4.79 Å². The summed E-state index contributed by atoms with van der Waals surface area (Å²) in [5.41, 5.74) is 3.11. The molecule has 7 heteroatoms. The van der Waals surface area contributed by atoms with Gasteiger partial charge < -0.3 is 10.1 Å². The van der Waals surface area contributed by atoms with E-state index in [0.29, 0.717) is 5.69 Å². The van der Waals surface area contributed by atoms with Crippen LogP contribution >= 0.6 is 0 Å². The van der Waals surface area contributed by atoms with Crippen LogP contribution in [0.4, 0.5) is 5.69 Å². The van der Waals surface area contributed by atoms with Gasteiger partial charge in [-0.15, -0.1) is 0 Å². The summed E-state index contributed by atoms with van der Waals surface area (Å²) in [4.78, 5) is 12.5. The number of nitrogens with one attached hydrogen (secondary N) is 2. The number of carbonyl (C=O) groups is 1. The summed E-state index contributed by atoms with van der Waals surface area (Å²) in [6.45, 7) is 3.96. The molecule has 1 aliphatic carbocycles. The second kappa shape index (κ2) is 7.09. The molecule has 0 atom stereocenters. The zero-order chi connectivity index (χ0) is 18.9. The number of carbonyl (C=O) groups excluding carboxylic acids is 1. The predicted octanol–water partition coefficient (Wildman–Crippen LogP) is 3.01. The number of ether oxygens (including phenoxy) is 1. The number of benzene rings is 2. The first-order chi connectivity index (χ1) is 12.3. The third-order valence-electron chi connectivity index (χ3n) is 4.38. The molecule has 1 saturated carbocycles. The van der Waals surface area contributed by atoms with Gasteiger partial charge in [0.15, 0.2) is 0 Å². The fraction of sp³-hybridized carbons (Fsp3) is 0.316. The van der Waals surface area contributed by atoms with Crippen molar-refractivity contribution in [1.29, 1.82) is 0 Å². The average molecular weight is 374 g/mol. The van der Waals surface area contributed by atoms with Gasteiger partial charge >= 0.3 is 0 Å². The highest BCUT2D eigenvalue weighted by atomic mass is 32.2. The Morgan fingerprint density at radius 3 is 2.42 bits per heavy atom. The molecule has 2 aromatic rings. The highest BCUT2D eigenvalue weighted by Crippen LogP contribution is 2.28. The van der Waals surface area contributed by atoms with Crippen LogP contribution in [0.1, 0.15) is 34.3 Å². The molecule has 0 unspecified atom stereocenters. The van der Waals surface area contributed by atoms with Gasteiger partial charge in [0.2, 0.25) is 10.0 Å².